The molecule has 26 valence electrons. The second kappa shape index (κ2) is 35.7. The summed E-state index contributed by atoms with van der Waals surface area (Å²) in [5, 5.41) is 0. The van der Waals surface area contributed by atoms with Crippen molar-refractivity contribution in [3.63, 3.8) is 0 Å². The van der Waals surface area contributed by atoms with Crippen LogP contribution in [0.1, 0.15) is 0 Å². The van der Waals surface area contributed by atoms with Gasteiger partial charge in [0, 0.05) is 0 Å². The third-order valence-electron chi connectivity index (χ3n) is 0. The molecule has 0 aromatic heterocycles. The molecule has 2 nitrogen and oxygen atoms in total. The van der Waals surface area contributed by atoms with Crippen LogP contribution in [0, 0.1) is 0 Å². The average molecular weight is 380 g/mol. The van der Waals surface area contributed by atoms with Gasteiger partial charge in [0.1, 0.15) is 0 Å². The molecule has 0 unspecified atom stereocenters. The van der Waals surface area contributed by atoms with Gasteiger partial charge in [0.25, 0.3) is 0 Å². The molecule has 0 aromatic carbocycles. The topological polar surface area (TPSA) is 34.1 Å². The van der Waals surface area contributed by atoms with Gasteiger partial charge < -0.3 is 0 Å². The van der Waals surface area contributed by atoms with Crippen molar-refractivity contribution >= 4 is 27.3 Å². The van der Waals surface area contributed by atoms with Crippen molar-refractivity contribution < 1.29 is 51.3 Å². The number of hydrogen-bond acceptors (Lipinski definition) is 2. The van der Waals surface area contributed by atoms with Gasteiger partial charge in [-0.1, -0.05) is 0 Å². The molecule has 0 aliphatic heterocycles. The Morgan fingerprint density at radius 1 is 1.20 bits per heavy atom. The predicted molar refractivity (Wildman–Crippen MR) is 9.92 cm³/mol. The summed E-state index contributed by atoms with van der Waals surface area (Å²) in [6, 6.07) is 0. The first kappa shape index (κ1) is 15.7. The molecule has 0 atom stereocenters. The van der Waals surface area contributed by atoms with Crippen LogP contribution >= 0.6 is 0 Å². The molecule has 5 heteroatoms. The van der Waals surface area contributed by atoms with Gasteiger partial charge in [-0.05, 0) is 0 Å². The van der Waals surface area contributed by atoms with E-state index in [0.717, 1.165) is 20.4 Å². The molecule has 5 heavy (non-hydrogen) atoms. The maximum atomic E-state index is 8.34. The molecule has 0 aliphatic rings. The first-order valence-electron chi connectivity index (χ1n) is 0.408. The molecule has 0 fully saturated rings. The fraction of sp³-hybridized carbons (Fsp3) is 0. The van der Waals surface area contributed by atoms with Crippen molar-refractivity contribution in [3.05, 3.63) is 0 Å². The zero-order valence-corrected chi connectivity index (χ0v) is 12.0. The minimum absolute atomic E-state index is 0. The zero-order valence-electron chi connectivity index (χ0n) is 2.52. The van der Waals surface area contributed by atoms with Crippen molar-refractivity contribution in [3.8, 4) is 0 Å². The van der Waals surface area contributed by atoms with Crippen molar-refractivity contribution in [1.82, 2.24) is 0 Å². The Hall–Kier alpha value is 2.12. The van der Waals surface area contributed by atoms with E-state index in [1.54, 1.807) is 0 Å². The molecule has 0 N–H and O–H groups in total. The summed E-state index contributed by atoms with van der Waals surface area (Å²) in [7, 11) is 0. The normalized spacial score (nSPS) is 1.20. The van der Waals surface area contributed by atoms with E-state index in [0.29, 0.717) is 24.7 Å². The van der Waals surface area contributed by atoms with Crippen LogP contribution in [0.4, 0.5) is 0 Å². The monoisotopic (exact) mass is 380 g/mol. The summed E-state index contributed by atoms with van der Waals surface area (Å²) >= 11 is 1.05. The first-order valence-corrected chi connectivity index (χ1v) is 2.05. The fourth-order valence-corrected chi connectivity index (χ4v) is 0. The third-order valence-corrected chi connectivity index (χ3v) is 0. The van der Waals surface area contributed by atoms with E-state index in [-0.39, 0.29) is 27.3 Å². The van der Waals surface area contributed by atoms with Crippen LogP contribution in [0.5, 0.6) is 0 Å². The summed E-state index contributed by atoms with van der Waals surface area (Å²) in [4.78, 5) is 0. The molecule has 0 heterocycles. The zero-order chi connectivity index (χ0) is 4.00. The third kappa shape index (κ3) is 23.1. The molecule has 0 rings (SSSR count). The Labute approximate surface area is 77.3 Å². The van der Waals surface area contributed by atoms with Crippen LogP contribution in [-0.4, -0.2) is 27.3 Å². The van der Waals surface area contributed by atoms with Gasteiger partial charge in [-0.3, -0.25) is 0 Å². The second-order valence-corrected chi connectivity index (χ2v) is 0. The van der Waals surface area contributed by atoms with Crippen molar-refractivity contribution in [2.45, 2.75) is 0 Å². The van der Waals surface area contributed by atoms with Gasteiger partial charge in [-0.25, -0.2) is 0 Å². The molecule has 0 bridgehead atoms. The quantitative estimate of drug-likeness (QED) is 0.497. The van der Waals surface area contributed by atoms with Crippen molar-refractivity contribution in [2.24, 2.45) is 0 Å². The summed E-state index contributed by atoms with van der Waals surface area (Å²) in [6.07, 6.45) is 0. The van der Waals surface area contributed by atoms with Crippen molar-refractivity contribution in [1.29, 1.82) is 0 Å². The van der Waals surface area contributed by atoms with E-state index in [2.05, 4.69) is 0 Å². The Balaban J connectivity index is -0.0000000133. The molecule has 0 amide bonds. The molecule has 0 saturated heterocycles. The minimum atomic E-state index is 0. The summed E-state index contributed by atoms with van der Waals surface area (Å²) in [5.41, 5.74) is 0. The van der Waals surface area contributed by atoms with E-state index >= 15 is 0 Å². The van der Waals surface area contributed by atoms with Gasteiger partial charge in [-0.2, -0.15) is 0 Å². The van der Waals surface area contributed by atoms with E-state index < -0.39 is 0 Å². The SMILES string of the molecule is [O]=[Ti].[O]=[Zr].[PbH2]. The Kier molecular flexibility index (Phi) is 112. The summed E-state index contributed by atoms with van der Waals surface area (Å²) in [5.74, 6) is 0. The van der Waals surface area contributed by atoms with E-state index in [1.807, 2.05) is 0 Å². The Morgan fingerprint density at radius 2 is 1.20 bits per heavy atom. The van der Waals surface area contributed by atoms with Crippen LogP contribution in [0.2, 0.25) is 0 Å². The van der Waals surface area contributed by atoms with E-state index in [1.165, 1.54) is 0 Å². The summed E-state index contributed by atoms with van der Waals surface area (Å²) in [6.45, 7) is 0. The van der Waals surface area contributed by atoms with Gasteiger partial charge >= 0.3 is 78.6 Å². The van der Waals surface area contributed by atoms with Crippen LogP contribution in [0.3, 0.4) is 0 Å². The molecular weight excluding hydrogens is 378 g/mol. The molecule has 0 aromatic rings. The first-order chi connectivity index (χ1) is 2.00. The Bertz CT molecular complexity index is 11.6. The van der Waals surface area contributed by atoms with Crippen LogP contribution in [0.25, 0.3) is 0 Å². The van der Waals surface area contributed by atoms with Gasteiger partial charge in [-0.15, -0.1) is 0 Å². The molecule has 0 saturated carbocycles. The molecule has 0 aliphatic carbocycles. The van der Waals surface area contributed by atoms with Gasteiger partial charge in [0.05, 0.1) is 0 Å². The number of hydrogen-bond donors (Lipinski definition) is 0. The van der Waals surface area contributed by atoms with Crippen LogP contribution in [-0.2, 0) is 51.3 Å². The van der Waals surface area contributed by atoms with E-state index in [9.17, 15) is 0 Å². The summed E-state index contributed by atoms with van der Waals surface area (Å²) < 4.78 is 16.6. The second-order valence-electron chi connectivity index (χ2n) is 0. The van der Waals surface area contributed by atoms with E-state index in [4.69, 9.17) is 6.14 Å². The number of rotatable bonds is 0. The van der Waals surface area contributed by atoms with Gasteiger partial charge in [0.2, 0.25) is 0 Å². The van der Waals surface area contributed by atoms with Crippen molar-refractivity contribution in [2.75, 3.05) is 0 Å². The fourth-order valence-electron chi connectivity index (χ4n) is 0. The Morgan fingerprint density at radius 3 is 1.20 bits per heavy atom. The molecule has 0 spiro atoms. The van der Waals surface area contributed by atoms with Gasteiger partial charge in [0.15, 0.2) is 0 Å². The van der Waals surface area contributed by atoms with Crippen LogP contribution < -0.4 is 0 Å². The average Bonchev–Trinajstić information content (AvgIpc) is 1.50. The molecular formula is H2O2PbTiZr. The predicted octanol–water partition coefficient (Wildman–Crippen LogP) is -1.16. The molecule has 2 radical (unpaired) electrons. The standard InChI is InChI=1S/2O.Pb.Ti.Zr.2H. The maximum absolute atomic E-state index is 8.34. The van der Waals surface area contributed by atoms with Crippen LogP contribution in [0.15, 0.2) is 0 Å².